The third-order valence-electron chi connectivity index (χ3n) is 4.06. The number of nitrogens with zero attached hydrogens (tertiary/aromatic N) is 1. The van der Waals surface area contributed by atoms with Gasteiger partial charge in [-0.2, -0.15) is 0 Å². The van der Waals surface area contributed by atoms with E-state index in [9.17, 15) is 0 Å². The Morgan fingerprint density at radius 3 is 2.50 bits per heavy atom. The predicted octanol–water partition coefficient (Wildman–Crippen LogP) is 4.72. The Bertz CT molecular complexity index is 879. The average Bonchev–Trinajstić information content (AvgIpc) is 2.55. The topological polar surface area (TPSA) is 3.88 Å². The van der Waals surface area contributed by atoms with Crippen LogP contribution in [0.4, 0.5) is 0 Å². The van der Waals surface area contributed by atoms with Crippen molar-refractivity contribution < 1.29 is 7.31 Å². The molecule has 1 aromatic heterocycles. The zero-order valence-electron chi connectivity index (χ0n) is 15.3. The van der Waals surface area contributed by atoms with Crippen molar-refractivity contribution in [1.29, 1.82) is 0 Å². The molecule has 0 saturated heterocycles. The van der Waals surface area contributed by atoms with E-state index in [-0.39, 0.29) is 0 Å². The van der Waals surface area contributed by atoms with E-state index in [1.54, 1.807) is 6.92 Å². The van der Waals surface area contributed by atoms with Gasteiger partial charge in [0.1, 0.15) is 7.05 Å². The first kappa shape index (κ1) is 12.2. The number of pyridine rings is 1. The van der Waals surface area contributed by atoms with Crippen LogP contribution >= 0.6 is 0 Å². The van der Waals surface area contributed by atoms with E-state index in [0.717, 1.165) is 16.8 Å². The standard InChI is InChI=1S/C21H22N/c1-4-17-9-7-10-18(14-17)19-12-13-22(3)21(15-19)20-11-6-5-8-16(20)2/h5-15H,4H2,1-3H3/q+1/i4D2. The van der Waals surface area contributed by atoms with Crippen molar-refractivity contribution in [2.75, 3.05) is 0 Å². The molecular formula is C21H22N+. The molecule has 0 unspecified atom stereocenters. The van der Waals surface area contributed by atoms with Crippen molar-refractivity contribution in [2.24, 2.45) is 7.05 Å². The van der Waals surface area contributed by atoms with E-state index in [1.807, 2.05) is 31.3 Å². The molecule has 110 valence electrons. The summed E-state index contributed by atoms with van der Waals surface area (Å²) in [6.45, 7) is 3.71. The molecule has 0 bridgehead atoms. The molecule has 3 aromatic rings. The van der Waals surface area contributed by atoms with E-state index in [1.165, 1.54) is 11.1 Å². The molecule has 0 aliphatic heterocycles. The Kier molecular flexibility index (Phi) is 3.40. The number of aromatic nitrogens is 1. The minimum Gasteiger partial charge on any atom is -0.201 e. The Morgan fingerprint density at radius 2 is 1.73 bits per heavy atom. The van der Waals surface area contributed by atoms with Crippen molar-refractivity contribution in [3.05, 3.63) is 78.0 Å². The van der Waals surface area contributed by atoms with E-state index >= 15 is 0 Å². The fraction of sp³-hybridized carbons (Fsp3) is 0.190. The van der Waals surface area contributed by atoms with Gasteiger partial charge in [-0.3, -0.25) is 0 Å². The minimum atomic E-state index is -1.34. The summed E-state index contributed by atoms with van der Waals surface area (Å²) in [6.07, 6.45) is 0.721. The zero-order chi connectivity index (χ0) is 17.3. The highest BCUT2D eigenvalue weighted by Gasteiger charge is 2.13. The highest BCUT2D eigenvalue weighted by molar-refractivity contribution is 5.70. The first-order chi connectivity index (χ1) is 11.4. The largest absolute Gasteiger partial charge is 0.213 e. The molecule has 0 atom stereocenters. The summed E-state index contributed by atoms with van der Waals surface area (Å²) in [4.78, 5) is 0. The Balaban J connectivity index is 2.12. The van der Waals surface area contributed by atoms with Crippen molar-refractivity contribution in [2.45, 2.75) is 20.2 Å². The molecule has 3 rings (SSSR count). The van der Waals surface area contributed by atoms with Gasteiger partial charge in [-0.05, 0) is 41.6 Å². The van der Waals surface area contributed by atoms with Crippen LogP contribution in [0.25, 0.3) is 22.4 Å². The molecule has 1 heteroatoms. The molecule has 0 N–H and O–H groups in total. The van der Waals surface area contributed by atoms with E-state index in [0.29, 0.717) is 5.56 Å². The van der Waals surface area contributed by atoms with E-state index in [2.05, 4.69) is 54.1 Å². The van der Waals surface area contributed by atoms with Crippen LogP contribution in [0.15, 0.2) is 66.9 Å². The second-order valence-corrected chi connectivity index (χ2v) is 5.56. The number of rotatable bonds is 3. The van der Waals surface area contributed by atoms with Gasteiger partial charge in [-0.15, -0.1) is 0 Å². The van der Waals surface area contributed by atoms with Crippen LogP contribution in [0.5, 0.6) is 0 Å². The first-order valence-electron chi connectivity index (χ1n) is 8.53. The number of hydrogen-bond acceptors (Lipinski definition) is 0. The monoisotopic (exact) mass is 290 g/mol. The molecule has 1 heterocycles. The number of hydrogen-bond donors (Lipinski definition) is 0. The van der Waals surface area contributed by atoms with Crippen LogP contribution < -0.4 is 4.57 Å². The molecule has 0 aliphatic rings. The van der Waals surface area contributed by atoms with Gasteiger partial charge < -0.3 is 0 Å². The lowest BCUT2D eigenvalue weighted by molar-refractivity contribution is -0.660. The highest BCUT2D eigenvalue weighted by atomic mass is 14.9. The van der Waals surface area contributed by atoms with Crippen LogP contribution in [-0.4, -0.2) is 0 Å². The zero-order valence-corrected chi connectivity index (χ0v) is 13.3. The maximum Gasteiger partial charge on any atom is 0.213 e. The van der Waals surface area contributed by atoms with Crippen molar-refractivity contribution in [3.63, 3.8) is 0 Å². The quantitative estimate of drug-likeness (QED) is 0.615. The Hall–Kier alpha value is -2.41. The maximum atomic E-state index is 7.93. The first-order valence-corrected chi connectivity index (χ1v) is 7.53. The third-order valence-corrected chi connectivity index (χ3v) is 4.06. The van der Waals surface area contributed by atoms with Gasteiger partial charge in [0.15, 0.2) is 6.20 Å². The lowest BCUT2D eigenvalue weighted by Crippen LogP contribution is -2.30. The summed E-state index contributed by atoms with van der Waals surface area (Å²) in [5.41, 5.74) is 6.43. The van der Waals surface area contributed by atoms with Gasteiger partial charge in [0.2, 0.25) is 5.69 Å². The molecule has 0 amide bonds. The fourth-order valence-electron chi connectivity index (χ4n) is 2.73. The van der Waals surface area contributed by atoms with E-state index < -0.39 is 6.37 Å². The lowest BCUT2D eigenvalue weighted by atomic mass is 9.99. The second kappa shape index (κ2) is 6.15. The lowest BCUT2D eigenvalue weighted by Gasteiger charge is -2.08. The molecule has 0 aliphatic carbocycles. The normalized spacial score (nSPS) is 12.7. The predicted molar refractivity (Wildman–Crippen MR) is 92.6 cm³/mol. The Labute approximate surface area is 135 Å². The molecule has 1 nitrogen and oxygen atoms in total. The molecule has 0 spiro atoms. The van der Waals surface area contributed by atoms with Crippen LogP contribution in [0, 0.1) is 6.92 Å². The van der Waals surface area contributed by atoms with Gasteiger partial charge in [0, 0.05) is 20.4 Å². The molecule has 0 fully saturated rings. The fourth-order valence-corrected chi connectivity index (χ4v) is 2.73. The second-order valence-electron chi connectivity index (χ2n) is 5.56. The summed E-state index contributed by atoms with van der Waals surface area (Å²) in [5.74, 6) is 0. The minimum absolute atomic E-state index is 0.700. The van der Waals surface area contributed by atoms with Crippen molar-refractivity contribution in [3.8, 4) is 22.4 Å². The van der Waals surface area contributed by atoms with E-state index in [4.69, 9.17) is 2.74 Å². The van der Waals surface area contributed by atoms with Crippen LogP contribution in [-0.2, 0) is 13.4 Å². The molecule has 0 radical (unpaired) electrons. The van der Waals surface area contributed by atoms with Gasteiger partial charge in [-0.25, -0.2) is 4.57 Å². The smallest absolute Gasteiger partial charge is 0.201 e. The third kappa shape index (κ3) is 2.80. The highest BCUT2D eigenvalue weighted by Crippen LogP contribution is 2.26. The van der Waals surface area contributed by atoms with Gasteiger partial charge >= 0.3 is 0 Å². The summed E-state index contributed by atoms with van der Waals surface area (Å²) >= 11 is 0. The van der Waals surface area contributed by atoms with Crippen LogP contribution in [0.1, 0.15) is 20.8 Å². The number of aryl methyl sites for hydroxylation is 3. The molecule has 2 aromatic carbocycles. The van der Waals surface area contributed by atoms with Crippen molar-refractivity contribution >= 4 is 0 Å². The summed E-state index contributed by atoms with van der Waals surface area (Å²) in [6, 6.07) is 20.4. The molecular weight excluding hydrogens is 266 g/mol. The van der Waals surface area contributed by atoms with Gasteiger partial charge in [0.05, 0.1) is 0 Å². The summed E-state index contributed by atoms with van der Waals surface area (Å²) in [7, 11) is 2.05. The SMILES string of the molecule is [2H]C([2H])(C)c1cccc(-c2cc[n+](C)c(-c3ccccc3C)c2)c1. The average molecular weight is 290 g/mol. The maximum absolute atomic E-state index is 7.93. The van der Waals surface area contributed by atoms with Gasteiger partial charge in [0.25, 0.3) is 0 Å². The van der Waals surface area contributed by atoms with Crippen molar-refractivity contribution in [1.82, 2.24) is 0 Å². The summed E-state index contributed by atoms with van der Waals surface area (Å²) in [5, 5.41) is 0. The van der Waals surface area contributed by atoms with Gasteiger partial charge in [-0.1, -0.05) is 49.4 Å². The molecule has 22 heavy (non-hydrogen) atoms. The number of benzene rings is 2. The summed E-state index contributed by atoms with van der Waals surface area (Å²) < 4.78 is 18.0. The van der Waals surface area contributed by atoms with Crippen LogP contribution in [0.3, 0.4) is 0 Å². The van der Waals surface area contributed by atoms with Crippen LogP contribution in [0.2, 0.25) is 0 Å². The molecule has 0 saturated carbocycles. The Morgan fingerprint density at radius 1 is 0.955 bits per heavy atom.